The van der Waals surface area contributed by atoms with Crippen molar-refractivity contribution >= 4 is 39.1 Å². The standard InChI is InChI=1S/C22H21Cl2N3O4S/c23-16-5-7-17(8-6-16)32(29,30)27-13-11-26(12-14-27)22(28)10-9-21-25-15-20(31-21)18-3-1-2-4-19(18)24/h1-8,15H,9-14H2. The Morgan fingerprint density at radius 3 is 2.38 bits per heavy atom. The quantitative estimate of drug-likeness (QED) is 0.515. The first kappa shape index (κ1) is 22.8. The molecule has 0 aliphatic carbocycles. The Balaban J connectivity index is 1.31. The molecule has 0 N–H and O–H groups in total. The fourth-order valence-electron chi connectivity index (χ4n) is 3.52. The van der Waals surface area contributed by atoms with Gasteiger partial charge in [0.2, 0.25) is 15.9 Å². The molecule has 0 spiro atoms. The van der Waals surface area contributed by atoms with Crippen LogP contribution in [0, 0.1) is 0 Å². The maximum atomic E-state index is 12.8. The average Bonchev–Trinajstić information content (AvgIpc) is 3.27. The van der Waals surface area contributed by atoms with E-state index >= 15 is 0 Å². The number of sulfonamides is 1. The molecular weight excluding hydrogens is 473 g/mol. The summed E-state index contributed by atoms with van der Waals surface area (Å²) in [7, 11) is -3.61. The zero-order valence-corrected chi connectivity index (χ0v) is 19.4. The number of nitrogens with zero attached hydrogens (tertiary/aromatic N) is 3. The van der Waals surface area contributed by atoms with Crippen molar-refractivity contribution in [1.82, 2.24) is 14.2 Å². The van der Waals surface area contributed by atoms with Crippen molar-refractivity contribution in [3.05, 3.63) is 70.7 Å². The van der Waals surface area contributed by atoms with Crippen LogP contribution >= 0.6 is 23.2 Å². The lowest BCUT2D eigenvalue weighted by Crippen LogP contribution is -2.50. The number of oxazole rings is 1. The van der Waals surface area contributed by atoms with Crippen molar-refractivity contribution in [1.29, 1.82) is 0 Å². The van der Waals surface area contributed by atoms with Crippen LogP contribution in [0.2, 0.25) is 10.0 Å². The van der Waals surface area contributed by atoms with E-state index in [1.165, 1.54) is 16.4 Å². The number of halogens is 2. The summed E-state index contributed by atoms with van der Waals surface area (Å²) in [5.74, 6) is 0.947. The third kappa shape index (κ3) is 4.99. The van der Waals surface area contributed by atoms with Crippen LogP contribution < -0.4 is 0 Å². The van der Waals surface area contributed by atoms with Gasteiger partial charge in [0, 0.05) is 49.6 Å². The van der Waals surface area contributed by atoms with Gasteiger partial charge in [-0.05, 0) is 36.4 Å². The number of carbonyl (C=O) groups is 1. The van der Waals surface area contributed by atoms with Crippen molar-refractivity contribution in [2.75, 3.05) is 26.2 Å². The Kier molecular flexibility index (Phi) is 6.85. The molecule has 1 saturated heterocycles. The van der Waals surface area contributed by atoms with E-state index in [0.29, 0.717) is 41.2 Å². The van der Waals surface area contributed by atoms with Gasteiger partial charge >= 0.3 is 0 Å². The smallest absolute Gasteiger partial charge is 0.243 e. The number of benzene rings is 2. The van der Waals surface area contributed by atoms with Crippen LogP contribution in [0.15, 0.2) is 64.0 Å². The normalized spacial score (nSPS) is 15.1. The fourth-order valence-corrected chi connectivity index (χ4v) is 5.29. The molecule has 4 rings (SSSR count). The zero-order valence-electron chi connectivity index (χ0n) is 17.1. The van der Waals surface area contributed by atoms with Gasteiger partial charge in [0.05, 0.1) is 16.1 Å². The molecule has 1 fully saturated rings. The molecule has 1 amide bonds. The van der Waals surface area contributed by atoms with Crippen molar-refractivity contribution in [2.45, 2.75) is 17.7 Å². The van der Waals surface area contributed by atoms with Gasteiger partial charge < -0.3 is 9.32 Å². The highest BCUT2D eigenvalue weighted by atomic mass is 35.5. The minimum Gasteiger partial charge on any atom is -0.441 e. The Bertz CT molecular complexity index is 1200. The summed E-state index contributed by atoms with van der Waals surface area (Å²) in [5, 5.41) is 1.04. The SMILES string of the molecule is O=C(CCc1ncc(-c2ccccc2Cl)o1)N1CCN(S(=O)(=O)c2ccc(Cl)cc2)CC1. The summed E-state index contributed by atoms with van der Waals surface area (Å²) in [6.07, 6.45) is 2.18. The van der Waals surface area contributed by atoms with E-state index < -0.39 is 10.0 Å². The summed E-state index contributed by atoms with van der Waals surface area (Å²) < 4.78 is 32.7. The van der Waals surface area contributed by atoms with Crippen LogP contribution in [-0.4, -0.2) is 54.7 Å². The van der Waals surface area contributed by atoms with Gasteiger partial charge in [-0.25, -0.2) is 13.4 Å². The minimum atomic E-state index is -3.61. The van der Waals surface area contributed by atoms with Gasteiger partial charge in [0.25, 0.3) is 0 Å². The van der Waals surface area contributed by atoms with E-state index in [-0.39, 0.29) is 30.3 Å². The number of aryl methyl sites for hydroxylation is 1. The number of piperazine rings is 1. The van der Waals surface area contributed by atoms with E-state index in [9.17, 15) is 13.2 Å². The van der Waals surface area contributed by atoms with Crippen LogP contribution in [-0.2, 0) is 21.2 Å². The number of hydrogen-bond donors (Lipinski definition) is 0. The first-order chi connectivity index (χ1) is 15.3. The Morgan fingerprint density at radius 1 is 1.00 bits per heavy atom. The van der Waals surface area contributed by atoms with Crippen LogP contribution in [0.4, 0.5) is 0 Å². The maximum absolute atomic E-state index is 12.8. The maximum Gasteiger partial charge on any atom is 0.243 e. The molecule has 0 saturated carbocycles. The summed E-state index contributed by atoms with van der Waals surface area (Å²) in [6, 6.07) is 13.4. The molecular formula is C22H21Cl2N3O4S. The molecule has 0 unspecified atom stereocenters. The van der Waals surface area contributed by atoms with Gasteiger partial charge in [0.1, 0.15) is 0 Å². The highest BCUT2D eigenvalue weighted by molar-refractivity contribution is 7.89. The topological polar surface area (TPSA) is 83.7 Å². The van der Waals surface area contributed by atoms with Crippen LogP contribution in [0.5, 0.6) is 0 Å². The van der Waals surface area contributed by atoms with E-state index in [1.54, 1.807) is 29.3 Å². The summed E-state index contributed by atoms with van der Waals surface area (Å²) in [5.41, 5.74) is 0.747. The summed E-state index contributed by atoms with van der Waals surface area (Å²) >= 11 is 12.0. The van der Waals surface area contributed by atoms with Gasteiger partial charge in [-0.2, -0.15) is 4.31 Å². The number of aromatic nitrogens is 1. The lowest BCUT2D eigenvalue weighted by Gasteiger charge is -2.34. The summed E-state index contributed by atoms with van der Waals surface area (Å²) in [6.45, 7) is 1.16. The Morgan fingerprint density at radius 2 is 1.69 bits per heavy atom. The Labute approximate surface area is 196 Å². The molecule has 2 heterocycles. The van der Waals surface area contributed by atoms with Crippen LogP contribution in [0.25, 0.3) is 11.3 Å². The summed E-state index contributed by atoms with van der Waals surface area (Å²) in [4.78, 5) is 18.7. The largest absolute Gasteiger partial charge is 0.441 e. The molecule has 32 heavy (non-hydrogen) atoms. The second kappa shape index (κ2) is 9.62. The highest BCUT2D eigenvalue weighted by Crippen LogP contribution is 2.28. The van der Waals surface area contributed by atoms with E-state index in [4.69, 9.17) is 27.6 Å². The van der Waals surface area contributed by atoms with Crippen LogP contribution in [0.1, 0.15) is 12.3 Å². The number of rotatable bonds is 6. The fraction of sp³-hybridized carbons (Fsp3) is 0.273. The number of amides is 1. The predicted molar refractivity (Wildman–Crippen MR) is 122 cm³/mol. The molecule has 1 aliphatic heterocycles. The monoisotopic (exact) mass is 493 g/mol. The van der Waals surface area contributed by atoms with Gasteiger partial charge in [-0.1, -0.05) is 35.3 Å². The minimum absolute atomic E-state index is 0.0639. The number of hydrogen-bond acceptors (Lipinski definition) is 5. The molecule has 1 aliphatic rings. The van der Waals surface area contributed by atoms with Crippen molar-refractivity contribution in [3.63, 3.8) is 0 Å². The lowest BCUT2D eigenvalue weighted by atomic mass is 10.2. The molecule has 0 radical (unpaired) electrons. The van der Waals surface area contributed by atoms with Gasteiger partial charge in [0.15, 0.2) is 11.7 Å². The van der Waals surface area contributed by atoms with Gasteiger partial charge in [-0.15, -0.1) is 0 Å². The molecule has 1 aromatic heterocycles. The third-order valence-corrected chi connectivity index (χ3v) is 7.78. The molecule has 0 atom stereocenters. The lowest BCUT2D eigenvalue weighted by molar-refractivity contribution is -0.132. The van der Waals surface area contributed by atoms with Gasteiger partial charge in [-0.3, -0.25) is 4.79 Å². The Hall–Kier alpha value is -2.39. The number of carbonyl (C=O) groups excluding carboxylic acids is 1. The second-order valence-corrected chi connectivity index (χ2v) is 10.1. The van der Waals surface area contributed by atoms with E-state index in [0.717, 1.165) is 5.56 Å². The highest BCUT2D eigenvalue weighted by Gasteiger charge is 2.30. The van der Waals surface area contributed by atoms with Crippen LogP contribution in [0.3, 0.4) is 0 Å². The molecule has 2 aromatic carbocycles. The van der Waals surface area contributed by atoms with E-state index in [2.05, 4.69) is 4.98 Å². The van der Waals surface area contributed by atoms with E-state index in [1.807, 2.05) is 18.2 Å². The van der Waals surface area contributed by atoms with Crippen molar-refractivity contribution in [2.24, 2.45) is 0 Å². The third-order valence-electron chi connectivity index (χ3n) is 5.29. The molecule has 3 aromatic rings. The first-order valence-corrected chi connectivity index (χ1v) is 12.3. The first-order valence-electron chi connectivity index (χ1n) is 10.1. The molecule has 7 nitrogen and oxygen atoms in total. The van der Waals surface area contributed by atoms with Crippen molar-refractivity contribution < 1.29 is 17.6 Å². The molecule has 10 heteroatoms. The molecule has 0 bridgehead atoms. The van der Waals surface area contributed by atoms with Crippen molar-refractivity contribution in [3.8, 4) is 11.3 Å². The average molecular weight is 494 g/mol. The predicted octanol–water partition coefficient (Wildman–Crippen LogP) is 4.11. The molecule has 168 valence electrons. The second-order valence-electron chi connectivity index (χ2n) is 7.34. The zero-order chi connectivity index (χ0) is 22.7.